The molecule has 0 aliphatic carbocycles. The summed E-state index contributed by atoms with van der Waals surface area (Å²) in [5.41, 5.74) is 0.448. The normalized spacial score (nSPS) is 12.1. The summed E-state index contributed by atoms with van der Waals surface area (Å²) in [4.78, 5) is 81.9. The minimum absolute atomic E-state index is 0.0752. The number of carbonyl (C=O) groups excluding carboxylic acids is 3. The van der Waals surface area contributed by atoms with Crippen LogP contribution in [0.25, 0.3) is 0 Å². The first-order chi connectivity index (χ1) is 18.8. The first-order valence-electron chi connectivity index (χ1n) is 12.4. The average Bonchev–Trinajstić information content (AvgIpc) is 2.87. The molecule has 0 aliphatic heterocycles. The smallest absolute Gasteiger partial charge is 0.356 e. The van der Waals surface area contributed by atoms with E-state index in [1.165, 1.54) is 24.3 Å². The monoisotopic (exact) mass is 567 g/mol. The van der Waals surface area contributed by atoms with Gasteiger partial charge in [0, 0.05) is 19.4 Å². The third-order valence-corrected chi connectivity index (χ3v) is 5.37. The molecule has 220 valence electrons. The Kier molecular flexibility index (Phi) is 14.2. The van der Waals surface area contributed by atoms with Gasteiger partial charge in [-0.1, -0.05) is 31.9 Å². The van der Waals surface area contributed by atoms with Crippen LogP contribution in [0.5, 0.6) is 5.75 Å². The Hall–Kier alpha value is -4.69. The lowest BCUT2D eigenvalue weighted by Gasteiger charge is -2.23. The molecule has 0 radical (unpaired) electrons. The molecule has 1 rings (SSSR count). The highest BCUT2D eigenvalue weighted by Gasteiger charge is 2.30. The number of hydrogen-bond acceptors (Lipinski definition) is 8. The maximum Gasteiger partial charge on any atom is 0.356 e. The summed E-state index contributed by atoms with van der Waals surface area (Å²) in [6.07, 6.45) is -1.68. The van der Waals surface area contributed by atoms with E-state index in [1.54, 1.807) is 0 Å². The predicted octanol–water partition coefficient (Wildman–Crippen LogP) is -0.239. The van der Waals surface area contributed by atoms with Crippen LogP contribution in [0, 0.1) is 0 Å². The molecule has 0 aromatic heterocycles. The lowest BCUT2D eigenvalue weighted by Crippen LogP contribution is -2.55. The van der Waals surface area contributed by atoms with Gasteiger partial charge >= 0.3 is 23.9 Å². The van der Waals surface area contributed by atoms with E-state index >= 15 is 0 Å². The topological polar surface area (TPSA) is 246 Å². The molecule has 3 amide bonds. The molecule has 0 heterocycles. The van der Waals surface area contributed by atoms with E-state index in [0.717, 1.165) is 12.8 Å². The van der Waals surface area contributed by atoms with Gasteiger partial charge in [-0.15, -0.1) is 0 Å². The van der Waals surface area contributed by atoms with Crippen LogP contribution in [0.1, 0.15) is 51.0 Å². The fourth-order valence-corrected chi connectivity index (χ4v) is 3.34. The van der Waals surface area contributed by atoms with Gasteiger partial charge in [0.05, 0.1) is 12.8 Å². The Morgan fingerprint density at radius 2 is 1.40 bits per heavy atom. The van der Waals surface area contributed by atoms with Gasteiger partial charge in [0.15, 0.2) is 0 Å². The van der Waals surface area contributed by atoms with Crippen LogP contribution in [0.3, 0.4) is 0 Å². The van der Waals surface area contributed by atoms with Crippen LogP contribution in [0.2, 0.25) is 0 Å². The highest BCUT2D eigenvalue weighted by Crippen LogP contribution is 2.16. The van der Waals surface area contributed by atoms with Crippen LogP contribution in [0.4, 0.5) is 0 Å². The molecule has 15 heteroatoms. The Morgan fingerprint density at radius 3 is 1.93 bits per heavy atom. The Morgan fingerprint density at radius 1 is 0.775 bits per heavy atom. The molecule has 0 fully saturated rings. The molecule has 0 aliphatic rings. The molecule has 0 saturated heterocycles. The minimum Gasteiger partial charge on any atom is -0.481 e. The molecule has 15 nitrogen and oxygen atoms in total. The van der Waals surface area contributed by atoms with Crippen molar-refractivity contribution in [1.82, 2.24) is 16.0 Å². The van der Waals surface area contributed by atoms with E-state index < -0.39 is 79.0 Å². The van der Waals surface area contributed by atoms with Crippen molar-refractivity contribution in [3.63, 3.8) is 0 Å². The number of nitrogens with one attached hydrogen (secondary N) is 3. The van der Waals surface area contributed by atoms with Crippen LogP contribution in [-0.2, 0) is 40.0 Å². The van der Waals surface area contributed by atoms with Gasteiger partial charge in [-0.3, -0.25) is 24.0 Å². The summed E-state index contributed by atoms with van der Waals surface area (Å²) < 4.78 is 4.94. The van der Waals surface area contributed by atoms with Crippen LogP contribution in [-0.4, -0.2) is 86.8 Å². The van der Waals surface area contributed by atoms with Crippen LogP contribution in [0.15, 0.2) is 24.3 Å². The second-order valence-corrected chi connectivity index (χ2v) is 8.69. The molecule has 7 N–H and O–H groups in total. The third-order valence-electron chi connectivity index (χ3n) is 5.37. The zero-order valence-corrected chi connectivity index (χ0v) is 21.8. The van der Waals surface area contributed by atoms with E-state index in [-0.39, 0.29) is 12.2 Å². The lowest BCUT2D eigenvalue weighted by atomic mass is 10.0. The van der Waals surface area contributed by atoms with E-state index in [0.29, 0.717) is 18.5 Å². The summed E-state index contributed by atoms with van der Waals surface area (Å²) >= 11 is 0. The molecular weight excluding hydrogens is 534 g/mol. The second kappa shape index (κ2) is 17.0. The SMILES string of the molecule is CCCCCNC(=O)[C@H](Cc1ccc(OC(C(=O)O)C(=O)O)cc1)NC(=O)C(CC(=O)O)NC(=O)CCC(=O)O. The van der Waals surface area contributed by atoms with Crippen LogP contribution < -0.4 is 20.7 Å². The molecule has 0 saturated carbocycles. The maximum absolute atomic E-state index is 12.9. The fourth-order valence-electron chi connectivity index (χ4n) is 3.34. The second-order valence-electron chi connectivity index (χ2n) is 8.69. The van der Waals surface area contributed by atoms with Gasteiger partial charge < -0.3 is 41.1 Å². The zero-order chi connectivity index (χ0) is 30.2. The number of benzene rings is 1. The molecule has 1 aromatic rings. The number of amides is 3. The number of hydrogen-bond donors (Lipinski definition) is 7. The third kappa shape index (κ3) is 12.7. The largest absolute Gasteiger partial charge is 0.481 e. The van der Waals surface area contributed by atoms with Gasteiger partial charge in [-0.2, -0.15) is 0 Å². The van der Waals surface area contributed by atoms with Crippen LogP contribution >= 0.6 is 0 Å². The van der Waals surface area contributed by atoms with Gasteiger partial charge in [-0.05, 0) is 24.1 Å². The van der Waals surface area contributed by atoms with Gasteiger partial charge in [0.1, 0.15) is 17.8 Å². The number of rotatable bonds is 19. The van der Waals surface area contributed by atoms with E-state index in [4.69, 9.17) is 20.1 Å². The summed E-state index contributed by atoms with van der Waals surface area (Å²) in [5, 5.41) is 43.1. The number of unbranched alkanes of at least 4 members (excludes halogenated alkanes) is 2. The minimum atomic E-state index is -2.14. The van der Waals surface area contributed by atoms with E-state index in [2.05, 4.69) is 16.0 Å². The number of carboxylic acids is 4. The quantitative estimate of drug-likeness (QED) is 0.0845. The number of ether oxygens (including phenoxy) is 1. The predicted molar refractivity (Wildman–Crippen MR) is 135 cm³/mol. The highest BCUT2D eigenvalue weighted by atomic mass is 16.5. The molecule has 2 atom stereocenters. The maximum atomic E-state index is 12.9. The lowest BCUT2D eigenvalue weighted by molar-refractivity contribution is -0.159. The highest BCUT2D eigenvalue weighted by molar-refractivity contribution is 5.96. The number of carbonyl (C=O) groups is 7. The van der Waals surface area contributed by atoms with Crippen molar-refractivity contribution in [2.45, 2.75) is 70.1 Å². The standard InChI is InChI=1S/C25H33N3O12/c1-2-3-4-11-26-22(34)16(12-14-5-7-15(8-6-14)40-21(24(36)37)25(38)39)28-23(35)17(13-20(32)33)27-18(29)9-10-19(30)31/h5-8,16-17,21H,2-4,9-13H2,1H3,(H,26,34)(H,27,29)(H,28,35)(H,30,31)(H,32,33)(H,36,37)(H,38,39)/t16-,17?/m0/s1. The summed E-state index contributed by atoms with van der Waals surface area (Å²) in [7, 11) is 0. The van der Waals surface area contributed by atoms with E-state index in [1.807, 2.05) is 6.92 Å². The summed E-state index contributed by atoms with van der Waals surface area (Å²) in [6, 6.07) is 2.58. The average molecular weight is 568 g/mol. The molecule has 40 heavy (non-hydrogen) atoms. The zero-order valence-electron chi connectivity index (χ0n) is 21.8. The van der Waals surface area contributed by atoms with Gasteiger partial charge in [0.2, 0.25) is 17.7 Å². The van der Waals surface area contributed by atoms with E-state index in [9.17, 15) is 38.7 Å². The summed E-state index contributed by atoms with van der Waals surface area (Å²) in [5.74, 6) is -8.59. The van der Waals surface area contributed by atoms with Gasteiger partial charge in [-0.25, -0.2) is 9.59 Å². The Labute approximate surface area is 228 Å². The van der Waals surface area contributed by atoms with Crippen molar-refractivity contribution < 1.29 is 58.7 Å². The van der Waals surface area contributed by atoms with Crippen molar-refractivity contribution >= 4 is 41.6 Å². The Balaban J connectivity index is 3.07. The molecule has 1 aromatic carbocycles. The molecule has 0 bridgehead atoms. The molecular formula is C25H33N3O12. The fraction of sp³-hybridized carbons (Fsp3) is 0.480. The molecule has 1 unspecified atom stereocenters. The van der Waals surface area contributed by atoms with Gasteiger partial charge in [0.25, 0.3) is 6.10 Å². The van der Waals surface area contributed by atoms with Crippen molar-refractivity contribution in [1.29, 1.82) is 0 Å². The number of carboxylic acid groups (broad SMARTS) is 4. The van der Waals surface area contributed by atoms with Crippen molar-refractivity contribution in [2.75, 3.05) is 6.54 Å². The van der Waals surface area contributed by atoms with Crippen molar-refractivity contribution in [3.8, 4) is 5.75 Å². The summed E-state index contributed by atoms with van der Waals surface area (Å²) in [6.45, 7) is 2.28. The van der Waals surface area contributed by atoms with Crippen molar-refractivity contribution in [3.05, 3.63) is 29.8 Å². The first kappa shape index (κ1) is 33.3. The van der Waals surface area contributed by atoms with Crippen molar-refractivity contribution in [2.24, 2.45) is 0 Å². The first-order valence-corrected chi connectivity index (χ1v) is 12.4. The Bertz CT molecular complexity index is 1060. The molecule has 0 spiro atoms. The number of aliphatic carboxylic acids is 4.